The van der Waals surface area contributed by atoms with Crippen LogP contribution in [0.1, 0.15) is 40.2 Å². The van der Waals surface area contributed by atoms with Crippen LogP contribution in [0.2, 0.25) is 0 Å². The highest BCUT2D eigenvalue weighted by Gasteiger charge is 2.31. The Bertz CT molecular complexity index is 1860. The minimum atomic E-state index is -3.99. The van der Waals surface area contributed by atoms with Crippen LogP contribution in [0.4, 0.5) is 8.78 Å². The average molecular weight is 608 g/mol. The van der Waals surface area contributed by atoms with Crippen LogP contribution in [0, 0.1) is 17.6 Å². The van der Waals surface area contributed by atoms with Crippen LogP contribution < -0.4 is 5.14 Å². The zero-order valence-electron chi connectivity index (χ0n) is 22.0. The fourth-order valence-corrected chi connectivity index (χ4v) is 6.31. The van der Waals surface area contributed by atoms with Gasteiger partial charge in [0, 0.05) is 34.6 Å². The van der Waals surface area contributed by atoms with Crippen molar-refractivity contribution in [3.8, 4) is 27.5 Å². The van der Waals surface area contributed by atoms with E-state index >= 15 is 4.39 Å². The molecule has 214 valence electrons. The molecule has 0 spiro atoms. The molecule has 4 N–H and O–H groups in total. The van der Waals surface area contributed by atoms with Crippen LogP contribution in [0.15, 0.2) is 77.0 Å². The van der Waals surface area contributed by atoms with Gasteiger partial charge in [0.2, 0.25) is 10.0 Å². The van der Waals surface area contributed by atoms with Crippen molar-refractivity contribution in [2.75, 3.05) is 0 Å². The van der Waals surface area contributed by atoms with Gasteiger partial charge < -0.3 is 5.11 Å². The van der Waals surface area contributed by atoms with Crippen LogP contribution in [-0.2, 0) is 27.5 Å². The molecule has 0 aliphatic heterocycles. The Morgan fingerprint density at radius 2 is 1.81 bits per heavy atom. The average Bonchev–Trinajstić information content (AvgIpc) is 3.51. The predicted octanol–water partition coefficient (Wildman–Crippen LogP) is 6.39. The number of nitrogens with two attached hydrogens (primary N) is 1. The van der Waals surface area contributed by atoms with E-state index in [1.54, 1.807) is 16.8 Å². The van der Waals surface area contributed by atoms with Crippen molar-refractivity contribution < 1.29 is 27.4 Å². The van der Waals surface area contributed by atoms with Crippen molar-refractivity contribution in [3.63, 3.8) is 0 Å². The second kappa shape index (κ2) is 11.0. The molecule has 1 atom stereocenters. The first kappa shape index (κ1) is 28.0. The summed E-state index contributed by atoms with van der Waals surface area (Å²) in [6.45, 7) is 0. The van der Waals surface area contributed by atoms with Gasteiger partial charge in [0.25, 0.3) is 0 Å². The molecule has 5 aromatic rings. The summed E-state index contributed by atoms with van der Waals surface area (Å²) in [5.74, 6) is -2.06. The first-order chi connectivity index (χ1) is 20.1. The Morgan fingerprint density at radius 1 is 1.05 bits per heavy atom. The molecule has 1 saturated carbocycles. The fourth-order valence-electron chi connectivity index (χ4n) is 4.93. The van der Waals surface area contributed by atoms with Gasteiger partial charge in [-0.05, 0) is 64.8 Å². The van der Waals surface area contributed by atoms with Gasteiger partial charge in [-0.2, -0.15) is 9.65 Å². The Hall–Kier alpha value is -4.10. The van der Waals surface area contributed by atoms with E-state index in [1.165, 1.54) is 29.6 Å². The summed E-state index contributed by atoms with van der Waals surface area (Å²) in [7, 11) is -3.99. The number of carboxylic acids is 1. The molecule has 1 unspecified atom stereocenters. The Kier molecular flexibility index (Phi) is 7.31. The molecular weight excluding hydrogens is 582 g/mol. The van der Waals surface area contributed by atoms with Gasteiger partial charge in [0.1, 0.15) is 5.82 Å². The number of nitrogens with zero attached hydrogens (tertiary/aromatic N) is 3. The number of halogens is 2. The molecule has 6 rings (SSSR count). The van der Waals surface area contributed by atoms with Crippen LogP contribution in [0.5, 0.6) is 0 Å². The van der Waals surface area contributed by atoms with Gasteiger partial charge in [-0.1, -0.05) is 36.4 Å². The highest BCUT2D eigenvalue weighted by atomic mass is 32.3. The van der Waals surface area contributed by atoms with Gasteiger partial charge in [0.05, 0.1) is 11.4 Å². The summed E-state index contributed by atoms with van der Waals surface area (Å²) >= 11 is 1.14. The largest absolute Gasteiger partial charge is 0.476 e. The van der Waals surface area contributed by atoms with E-state index in [2.05, 4.69) is 4.98 Å². The maximum Gasteiger partial charge on any atom is 0.355 e. The van der Waals surface area contributed by atoms with Crippen molar-refractivity contribution in [1.29, 1.82) is 0 Å². The molecular formula is C30H25F2N4O4S2+. The van der Waals surface area contributed by atoms with Crippen molar-refractivity contribution in [1.82, 2.24) is 14.8 Å². The first-order valence-electron chi connectivity index (χ1n) is 13.1. The lowest BCUT2D eigenvalue weighted by Gasteiger charge is -2.10. The second-order valence-corrected chi connectivity index (χ2v) is 12.6. The number of carboxylic acid groups (broad SMARTS) is 1. The molecule has 1 fully saturated rings. The maximum atomic E-state index is 15.0. The van der Waals surface area contributed by atoms with Gasteiger partial charge in [-0.15, -0.1) is 16.5 Å². The van der Waals surface area contributed by atoms with Gasteiger partial charge in [-0.3, -0.25) is 0 Å². The van der Waals surface area contributed by atoms with E-state index in [4.69, 9.17) is 10.2 Å². The summed E-state index contributed by atoms with van der Waals surface area (Å²) in [6, 6.07) is 17.7. The first-order valence-corrected chi connectivity index (χ1v) is 15.5. The third kappa shape index (κ3) is 5.66. The third-order valence-corrected chi connectivity index (χ3v) is 8.96. The Morgan fingerprint density at radius 3 is 2.45 bits per heavy atom. The van der Waals surface area contributed by atoms with Crippen LogP contribution in [-0.4, -0.2) is 30.4 Å². The zero-order valence-corrected chi connectivity index (χ0v) is 23.7. The standard InChI is InChI=1S/C30H24F2N4O4S2/c31-23-10-9-20(15-21(23)19-4-2-1-3-5-19)28-22(12-18-8-11-27(24(32)13-18)42(33,39)40)26(14-17-6-7-17)36(35-28)30-34-25(16-41-30)29(37)38/h1-5,8-11,13,15-17H,6-7,12,14H2,(H3-,33,37,38,39,40)/p+1. The highest BCUT2D eigenvalue weighted by Crippen LogP contribution is 2.39. The maximum absolute atomic E-state index is 15.0. The molecule has 2 aromatic heterocycles. The molecule has 1 aliphatic rings. The lowest BCUT2D eigenvalue weighted by atomic mass is 9.95. The number of benzene rings is 3. The highest BCUT2D eigenvalue weighted by molar-refractivity contribution is 7.95. The number of hydrogen-bond donors (Lipinski definition) is 3. The predicted molar refractivity (Wildman–Crippen MR) is 156 cm³/mol. The normalized spacial score (nSPS) is 14.6. The molecule has 0 saturated heterocycles. The van der Waals surface area contributed by atoms with Crippen molar-refractivity contribution in [3.05, 3.63) is 106 Å². The summed E-state index contributed by atoms with van der Waals surface area (Å²) in [5, 5.41) is 21.4. The number of aromatic carboxylic acids is 1. The smallest absolute Gasteiger partial charge is 0.355 e. The minimum Gasteiger partial charge on any atom is -0.476 e. The summed E-state index contributed by atoms with van der Waals surface area (Å²) in [5.41, 5.74) is 4.14. The van der Waals surface area contributed by atoms with E-state index in [1.807, 2.05) is 30.3 Å². The van der Waals surface area contributed by atoms with E-state index in [9.17, 15) is 23.1 Å². The summed E-state index contributed by atoms with van der Waals surface area (Å²) < 4.78 is 53.1. The molecule has 3 aromatic carbocycles. The van der Waals surface area contributed by atoms with Crippen molar-refractivity contribution >= 4 is 27.7 Å². The summed E-state index contributed by atoms with van der Waals surface area (Å²) in [4.78, 5) is 15.4. The van der Waals surface area contributed by atoms with E-state index < -0.39 is 32.9 Å². The molecule has 8 nitrogen and oxygen atoms in total. The van der Waals surface area contributed by atoms with Crippen LogP contribution in [0.3, 0.4) is 0 Å². The Labute approximate surface area is 244 Å². The summed E-state index contributed by atoms with van der Waals surface area (Å²) in [6.07, 6.45) is 2.88. The minimum absolute atomic E-state index is 0.105. The third-order valence-electron chi connectivity index (χ3n) is 7.18. The van der Waals surface area contributed by atoms with E-state index in [-0.39, 0.29) is 12.1 Å². The monoisotopic (exact) mass is 607 g/mol. The lowest BCUT2D eigenvalue weighted by Crippen LogP contribution is -2.22. The van der Waals surface area contributed by atoms with E-state index in [0.29, 0.717) is 45.4 Å². The number of rotatable bonds is 9. The van der Waals surface area contributed by atoms with Crippen molar-refractivity contribution in [2.45, 2.75) is 30.6 Å². The molecule has 1 aliphatic carbocycles. The molecule has 42 heavy (non-hydrogen) atoms. The Balaban J connectivity index is 1.54. The topological polar surface area (TPSA) is 131 Å². The molecule has 12 heteroatoms. The van der Waals surface area contributed by atoms with Crippen LogP contribution in [0.25, 0.3) is 27.5 Å². The number of carbonyl (C=O) groups is 1. The molecule has 0 amide bonds. The van der Waals surface area contributed by atoms with Gasteiger partial charge in [-0.25, -0.2) is 23.2 Å². The number of hydrogen-bond acceptors (Lipinski definition) is 5. The van der Waals surface area contributed by atoms with Gasteiger partial charge >= 0.3 is 16.4 Å². The van der Waals surface area contributed by atoms with E-state index in [0.717, 1.165) is 35.4 Å². The number of aromatic nitrogens is 3. The fraction of sp³-hybridized carbons (Fsp3) is 0.167. The van der Waals surface area contributed by atoms with Crippen LogP contribution >= 0.6 is 11.3 Å². The molecule has 0 radical (unpaired) electrons. The quantitative estimate of drug-likeness (QED) is 0.167. The second-order valence-electron chi connectivity index (χ2n) is 10.2. The lowest BCUT2D eigenvalue weighted by molar-refractivity contribution is 0.0691. The van der Waals surface area contributed by atoms with Gasteiger partial charge in [0.15, 0.2) is 11.5 Å². The molecule has 2 heterocycles. The SMILES string of the molecule is N[S+](=O)(O)c1ccc(Cc2c(-c3ccc(F)c(-c4ccccc4)c3)nn(-c3nc(C(=O)O)cs3)c2CC2CC2)cc1F. The molecule has 0 bridgehead atoms. The van der Waals surface area contributed by atoms with Crippen molar-refractivity contribution in [2.24, 2.45) is 11.1 Å². The zero-order chi connectivity index (χ0) is 29.6. The number of thiazole rings is 1.